The molecule has 0 bridgehead atoms. The van der Waals surface area contributed by atoms with E-state index in [-0.39, 0.29) is 42.1 Å². The van der Waals surface area contributed by atoms with Crippen LogP contribution < -0.4 is 10.9 Å². The normalized spacial score (nSPS) is 15.1. The third-order valence-electron chi connectivity index (χ3n) is 5.27. The van der Waals surface area contributed by atoms with E-state index in [9.17, 15) is 18.4 Å². The molecule has 1 aliphatic rings. The number of benzene rings is 2. The minimum atomic E-state index is -0.366. The Kier molecular flexibility index (Phi) is 5.22. The molecule has 0 fully saturated rings. The largest absolute Gasteiger partial charge is 0.352 e. The number of carbonyl (C=O) groups excluding carboxylic acids is 1. The molecule has 1 amide bonds. The average Bonchev–Trinajstić information content (AvgIpc) is 3.39. The molecule has 5 rings (SSSR count). The topological polar surface area (TPSA) is 81.8 Å². The van der Waals surface area contributed by atoms with Crippen molar-refractivity contribution in [2.24, 2.45) is 0 Å². The van der Waals surface area contributed by atoms with Gasteiger partial charge >= 0.3 is 0 Å². The highest BCUT2D eigenvalue weighted by Gasteiger charge is 2.29. The molecule has 10 heteroatoms. The number of aromatic nitrogens is 4. The number of amides is 1. The zero-order valence-corrected chi connectivity index (χ0v) is 17.5. The van der Waals surface area contributed by atoms with Crippen molar-refractivity contribution in [2.75, 3.05) is 5.75 Å². The Balaban J connectivity index is 1.37. The van der Waals surface area contributed by atoms with Gasteiger partial charge in [-0.3, -0.25) is 14.2 Å². The maximum atomic E-state index is 13.3. The lowest BCUT2D eigenvalue weighted by atomic mass is 10.2. The Morgan fingerprint density at radius 2 is 1.78 bits per heavy atom. The van der Waals surface area contributed by atoms with Gasteiger partial charge in [-0.25, -0.2) is 18.4 Å². The molecule has 0 spiro atoms. The van der Waals surface area contributed by atoms with Crippen LogP contribution in [0.4, 0.5) is 8.78 Å². The highest BCUT2D eigenvalue weighted by Crippen LogP contribution is 2.33. The number of carbonyl (C=O) groups is 1. The number of thioether (sulfide) groups is 1. The van der Waals surface area contributed by atoms with Crippen LogP contribution in [0.15, 0.2) is 64.7 Å². The number of nitrogens with zero attached hydrogens (tertiary/aromatic N) is 4. The van der Waals surface area contributed by atoms with E-state index in [1.165, 1.54) is 46.9 Å². The SMILES string of the molecule is O=C(CC1CSc2nc3c(cnn3-c3ccc(F)cc3)c(=O)n21)NCc1ccc(F)cc1. The van der Waals surface area contributed by atoms with Gasteiger partial charge in [0, 0.05) is 18.7 Å². The van der Waals surface area contributed by atoms with Gasteiger partial charge in [0.15, 0.2) is 10.8 Å². The lowest BCUT2D eigenvalue weighted by Gasteiger charge is -2.13. The van der Waals surface area contributed by atoms with Crippen molar-refractivity contribution >= 4 is 28.7 Å². The fourth-order valence-electron chi connectivity index (χ4n) is 3.64. The second-order valence-electron chi connectivity index (χ2n) is 7.41. The fourth-order valence-corrected chi connectivity index (χ4v) is 4.77. The average molecular weight is 453 g/mol. The zero-order valence-electron chi connectivity index (χ0n) is 16.7. The summed E-state index contributed by atoms with van der Waals surface area (Å²) >= 11 is 1.40. The van der Waals surface area contributed by atoms with Gasteiger partial charge in [-0.15, -0.1) is 0 Å². The fraction of sp³-hybridized carbons (Fsp3) is 0.182. The van der Waals surface area contributed by atoms with E-state index >= 15 is 0 Å². The van der Waals surface area contributed by atoms with Gasteiger partial charge in [-0.05, 0) is 42.0 Å². The van der Waals surface area contributed by atoms with Crippen molar-refractivity contribution in [3.05, 3.63) is 82.3 Å². The van der Waals surface area contributed by atoms with Gasteiger partial charge < -0.3 is 5.32 Å². The highest BCUT2D eigenvalue weighted by atomic mass is 32.2. The van der Waals surface area contributed by atoms with Crippen LogP contribution in [0.25, 0.3) is 16.7 Å². The molecular weight excluding hydrogens is 436 g/mol. The van der Waals surface area contributed by atoms with Crippen molar-refractivity contribution in [1.29, 1.82) is 0 Å². The van der Waals surface area contributed by atoms with Gasteiger partial charge in [-0.1, -0.05) is 23.9 Å². The predicted octanol–water partition coefficient (Wildman–Crippen LogP) is 3.21. The maximum Gasteiger partial charge on any atom is 0.265 e. The number of hydrogen-bond acceptors (Lipinski definition) is 5. The lowest BCUT2D eigenvalue weighted by molar-refractivity contribution is -0.121. The Labute approximate surface area is 185 Å². The molecule has 1 N–H and O–H groups in total. The van der Waals surface area contributed by atoms with Crippen LogP contribution in [0, 0.1) is 11.6 Å². The summed E-state index contributed by atoms with van der Waals surface area (Å²) in [6, 6.07) is 11.3. The molecule has 0 aliphatic carbocycles. The van der Waals surface area contributed by atoms with Crippen LogP contribution in [0.2, 0.25) is 0 Å². The summed E-state index contributed by atoms with van der Waals surface area (Å²) in [7, 11) is 0. The van der Waals surface area contributed by atoms with Crippen LogP contribution in [-0.2, 0) is 11.3 Å². The summed E-state index contributed by atoms with van der Waals surface area (Å²) in [5.41, 5.74) is 1.51. The minimum Gasteiger partial charge on any atom is -0.352 e. The maximum absolute atomic E-state index is 13.3. The molecule has 4 aromatic rings. The summed E-state index contributed by atoms with van der Waals surface area (Å²) in [4.78, 5) is 30.2. The number of rotatable bonds is 5. The summed E-state index contributed by atoms with van der Waals surface area (Å²) in [5.74, 6) is -0.361. The molecule has 7 nitrogen and oxygen atoms in total. The second-order valence-corrected chi connectivity index (χ2v) is 8.40. The lowest BCUT2D eigenvalue weighted by Crippen LogP contribution is -2.30. The Bertz CT molecular complexity index is 1370. The Hall–Kier alpha value is -3.53. The van der Waals surface area contributed by atoms with E-state index < -0.39 is 0 Å². The number of halogens is 2. The molecule has 1 atom stereocenters. The molecule has 3 heterocycles. The standard InChI is InChI=1S/C22H17F2N5O2S/c23-14-3-1-13(2-4-14)10-25-19(30)9-17-12-32-22-27-20-18(21(31)28(17)22)11-26-29(20)16-7-5-15(24)6-8-16/h1-8,11,17H,9-10,12H2,(H,25,30). The van der Waals surface area contributed by atoms with E-state index in [0.717, 1.165) is 5.56 Å². The molecule has 0 radical (unpaired) electrons. The quantitative estimate of drug-likeness (QED) is 0.470. The van der Waals surface area contributed by atoms with Crippen LogP contribution in [0.1, 0.15) is 18.0 Å². The van der Waals surface area contributed by atoms with Crippen molar-refractivity contribution < 1.29 is 13.6 Å². The second kappa shape index (κ2) is 8.19. The van der Waals surface area contributed by atoms with E-state index in [4.69, 9.17) is 0 Å². The third-order valence-corrected chi connectivity index (χ3v) is 6.36. The summed E-state index contributed by atoms with van der Waals surface area (Å²) < 4.78 is 29.3. The molecule has 32 heavy (non-hydrogen) atoms. The molecular formula is C22H17F2N5O2S. The van der Waals surface area contributed by atoms with Gasteiger partial charge in [-0.2, -0.15) is 5.10 Å². The van der Waals surface area contributed by atoms with Crippen LogP contribution >= 0.6 is 11.8 Å². The molecule has 0 saturated heterocycles. The van der Waals surface area contributed by atoms with Crippen molar-refractivity contribution in [3.8, 4) is 5.69 Å². The van der Waals surface area contributed by atoms with Crippen molar-refractivity contribution in [2.45, 2.75) is 24.2 Å². The summed E-state index contributed by atoms with van der Waals surface area (Å²) in [6.07, 6.45) is 1.57. The van der Waals surface area contributed by atoms with Crippen LogP contribution in [-0.4, -0.2) is 31.0 Å². The van der Waals surface area contributed by atoms with E-state index in [0.29, 0.717) is 27.6 Å². The first-order chi connectivity index (χ1) is 15.5. The Morgan fingerprint density at radius 1 is 1.09 bits per heavy atom. The summed E-state index contributed by atoms with van der Waals surface area (Å²) in [5, 5.41) is 7.91. The first-order valence-corrected chi connectivity index (χ1v) is 10.9. The first-order valence-electron chi connectivity index (χ1n) is 9.90. The molecule has 162 valence electrons. The van der Waals surface area contributed by atoms with Crippen molar-refractivity contribution in [3.63, 3.8) is 0 Å². The summed E-state index contributed by atoms with van der Waals surface area (Å²) in [6.45, 7) is 0.280. The predicted molar refractivity (Wildman–Crippen MR) is 116 cm³/mol. The monoisotopic (exact) mass is 453 g/mol. The third kappa shape index (κ3) is 3.77. The molecule has 0 saturated carbocycles. The zero-order chi connectivity index (χ0) is 22.2. The van der Waals surface area contributed by atoms with Crippen molar-refractivity contribution in [1.82, 2.24) is 24.6 Å². The van der Waals surface area contributed by atoms with Gasteiger partial charge in [0.2, 0.25) is 5.91 Å². The molecule has 1 aliphatic heterocycles. The Morgan fingerprint density at radius 3 is 2.50 bits per heavy atom. The van der Waals surface area contributed by atoms with Gasteiger partial charge in [0.25, 0.3) is 5.56 Å². The number of nitrogens with one attached hydrogen (secondary N) is 1. The molecule has 2 aromatic heterocycles. The van der Waals surface area contributed by atoms with E-state index in [1.54, 1.807) is 28.8 Å². The van der Waals surface area contributed by atoms with E-state index in [2.05, 4.69) is 15.4 Å². The van der Waals surface area contributed by atoms with Crippen LogP contribution in [0.5, 0.6) is 0 Å². The molecule has 1 unspecified atom stereocenters. The van der Waals surface area contributed by atoms with Gasteiger partial charge in [0.05, 0.1) is 17.9 Å². The smallest absolute Gasteiger partial charge is 0.265 e. The minimum absolute atomic E-state index is 0.125. The first kappa shape index (κ1) is 20.4. The number of hydrogen-bond donors (Lipinski definition) is 1. The highest BCUT2D eigenvalue weighted by molar-refractivity contribution is 7.99. The molecule has 2 aromatic carbocycles. The number of fused-ring (bicyclic) bond motifs is 2. The van der Waals surface area contributed by atoms with Crippen LogP contribution in [0.3, 0.4) is 0 Å². The van der Waals surface area contributed by atoms with E-state index in [1.807, 2.05) is 0 Å². The van der Waals surface area contributed by atoms with Gasteiger partial charge in [0.1, 0.15) is 17.0 Å².